The predicted molar refractivity (Wildman–Crippen MR) is 71.1 cm³/mol. The van der Waals surface area contributed by atoms with Crippen LogP contribution >= 0.6 is 0 Å². The van der Waals surface area contributed by atoms with Crippen LogP contribution in [0.15, 0.2) is 0 Å². The minimum Gasteiger partial charge on any atom is -0.396 e. The molecule has 2 atom stereocenters. The standard InChI is InChI=1S/C14H28N2O/c1-2-3-12(6-9-17)10-15-14-11-16-7-4-13(14)5-8-16/h12-15,17H,2-11H2,1H3. The lowest BCUT2D eigenvalue weighted by atomic mass is 9.83. The van der Waals surface area contributed by atoms with E-state index in [0.29, 0.717) is 12.5 Å². The zero-order valence-corrected chi connectivity index (χ0v) is 11.2. The number of hydrogen-bond acceptors (Lipinski definition) is 3. The number of nitrogens with one attached hydrogen (secondary N) is 1. The van der Waals surface area contributed by atoms with Crippen LogP contribution < -0.4 is 5.32 Å². The molecule has 0 aromatic carbocycles. The van der Waals surface area contributed by atoms with Crippen LogP contribution in [-0.4, -0.2) is 48.8 Å². The molecule has 3 heteroatoms. The van der Waals surface area contributed by atoms with Gasteiger partial charge in [0.05, 0.1) is 0 Å². The maximum absolute atomic E-state index is 9.07. The highest BCUT2D eigenvalue weighted by Gasteiger charge is 2.33. The molecule has 0 aliphatic carbocycles. The second-order valence-electron chi connectivity index (χ2n) is 5.82. The molecule has 0 aromatic heterocycles. The van der Waals surface area contributed by atoms with Crippen molar-refractivity contribution in [3.8, 4) is 0 Å². The highest BCUT2D eigenvalue weighted by molar-refractivity contribution is 4.91. The molecule has 3 heterocycles. The van der Waals surface area contributed by atoms with Crippen LogP contribution in [0.25, 0.3) is 0 Å². The number of nitrogens with zero attached hydrogens (tertiary/aromatic N) is 1. The van der Waals surface area contributed by atoms with Gasteiger partial charge in [0, 0.05) is 19.2 Å². The van der Waals surface area contributed by atoms with E-state index in [1.165, 1.54) is 45.3 Å². The van der Waals surface area contributed by atoms with Gasteiger partial charge in [0.25, 0.3) is 0 Å². The summed E-state index contributed by atoms with van der Waals surface area (Å²) in [5.41, 5.74) is 0. The minimum absolute atomic E-state index is 0.340. The summed E-state index contributed by atoms with van der Waals surface area (Å²) in [5, 5.41) is 12.8. The third kappa shape index (κ3) is 3.67. The van der Waals surface area contributed by atoms with E-state index < -0.39 is 0 Å². The van der Waals surface area contributed by atoms with Crippen LogP contribution in [0, 0.1) is 11.8 Å². The Morgan fingerprint density at radius 1 is 1.29 bits per heavy atom. The van der Waals surface area contributed by atoms with Gasteiger partial charge in [0.1, 0.15) is 0 Å². The maximum atomic E-state index is 9.07. The van der Waals surface area contributed by atoms with Gasteiger partial charge in [0.2, 0.25) is 0 Å². The summed E-state index contributed by atoms with van der Waals surface area (Å²) in [6, 6.07) is 0.718. The van der Waals surface area contributed by atoms with Gasteiger partial charge in [0.15, 0.2) is 0 Å². The van der Waals surface area contributed by atoms with Crippen LogP contribution in [0.3, 0.4) is 0 Å². The van der Waals surface area contributed by atoms with E-state index in [-0.39, 0.29) is 0 Å². The highest BCUT2D eigenvalue weighted by atomic mass is 16.3. The SMILES string of the molecule is CCCC(CCO)CNC1CN2CCC1CC2. The number of aliphatic hydroxyl groups is 1. The molecule has 3 aliphatic heterocycles. The predicted octanol–water partition coefficient (Wildman–Crippen LogP) is 1.47. The summed E-state index contributed by atoms with van der Waals surface area (Å²) in [7, 11) is 0. The molecular formula is C14H28N2O. The normalized spacial score (nSPS) is 33.9. The molecule has 0 amide bonds. The summed E-state index contributed by atoms with van der Waals surface area (Å²) in [5.74, 6) is 1.58. The first-order chi connectivity index (χ1) is 8.33. The molecule has 3 rings (SSSR count). The van der Waals surface area contributed by atoms with Gasteiger partial charge in [-0.05, 0) is 57.2 Å². The van der Waals surface area contributed by atoms with E-state index in [1.807, 2.05) is 0 Å². The number of aliphatic hydroxyl groups excluding tert-OH is 1. The van der Waals surface area contributed by atoms with Crippen LogP contribution in [0.5, 0.6) is 0 Å². The van der Waals surface area contributed by atoms with Crippen LogP contribution in [-0.2, 0) is 0 Å². The van der Waals surface area contributed by atoms with E-state index >= 15 is 0 Å². The fourth-order valence-corrected chi connectivity index (χ4v) is 3.45. The summed E-state index contributed by atoms with van der Waals surface area (Å²) >= 11 is 0. The Labute approximate surface area is 106 Å². The summed E-state index contributed by atoms with van der Waals surface area (Å²) < 4.78 is 0. The lowest BCUT2D eigenvalue weighted by Crippen LogP contribution is -2.56. The zero-order valence-electron chi connectivity index (χ0n) is 11.2. The Morgan fingerprint density at radius 2 is 2.06 bits per heavy atom. The number of hydrogen-bond donors (Lipinski definition) is 2. The molecular weight excluding hydrogens is 212 g/mol. The van der Waals surface area contributed by atoms with Crippen molar-refractivity contribution in [3.05, 3.63) is 0 Å². The lowest BCUT2D eigenvalue weighted by Gasteiger charge is -2.45. The topological polar surface area (TPSA) is 35.5 Å². The number of rotatable bonds is 7. The van der Waals surface area contributed by atoms with Gasteiger partial charge in [-0.3, -0.25) is 0 Å². The Morgan fingerprint density at radius 3 is 2.59 bits per heavy atom. The molecule has 3 fully saturated rings. The van der Waals surface area contributed by atoms with Crippen LogP contribution in [0.1, 0.15) is 39.0 Å². The van der Waals surface area contributed by atoms with Gasteiger partial charge in [-0.25, -0.2) is 0 Å². The number of piperidine rings is 3. The van der Waals surface area contributed by atoms with E-state index in [9.17, 15) is 0 Å². The fraction of sp³-hybridized carbons (Fsp3) is 1.00. The molecule has 0 spiro atoms. The minimum atomic E-state index is 0.340. The Kier molecular flexibility index (Phi) is 5.26. The van der Waals surface area contributed by atoms with Crippen molar-refractivity contribution < 1.29 is 5.11 Å². The van der Waals surface area contributed by atoms with Crippen molar-refractivity contribution in [2.45, 2.75) is 45.1 Å². The highest BCUT2D eigenvalue weighted by Crippen LogP contribution is 2.27. The quantitative estimate of drug-likeness (QED) is 0.707. The molecule has 17 heavy (non-hydrogen) atoms. The van der Waals surface area contributed by atoms with Gasteiger partial charge in [-0.1, -0.05) is 13.3 Å². The summed E-state index contributed by atoms with van der Waals surface area (Å²) in [4.78, 5) is 2.60. The first kappa shape index (κ1) is 13.3. The Hall–Kier alpha value is -0.120. The van der Waals surface area contributed by atoms with Crippen molar-refractivity contribution in [3.63, 3.8) is 0 Å². The molecule has 2 N–H and O–H groups in total. The third-order valence-corrected chi connectivity index (χ3v) is 4.56. The fourth-order valence-electron chi connectivity index (χ4n) is 3.45. The summed E-state index contributed by atoms with van der Waals surface area (Å²) in [6.45, 7) is 7.56. The monoisotopic (exact) mass is 240 g/mol. The average Bonchev–Trinajstić information content (AvgIpc) is 2.38. The van der Waals surface area contributed by atoms with Gasteiger partial charge in [-0.2, -0.15) is 0 Å². The van der Waals surface area contributed by atoms with E-state index in [2.05, 4.69) is 17.1 Å². The molecule has 100 valence electrons. The Balaban J connectivity index is 1.72. The van der Waals surface area contributed by atoms with Crippen molar-refractivity contribution >= 4 is 0 Å². The maximum Gasteiger partial charge on any atom is 0.0434 e. The first-order valence-electron chi connectivity index (χ1n) is 7.40. The lowest BCUT2D eigenvalue weighted by molar-refractivity contribution is 0.0697. The van der Waals surface area contributed by atoms with Crippen LogP contribution in [0.2, 0.25) is 0 Å². The van der Waals surface area contributed by atoms with Crippen molar-refractivity contribution in [1.82, 2.24) is 10.2 Å². The molecule has 0 radical (unpaired) electrons. The van der Waals surface area contributed by atoms with Crippen molar-refractivity contribution in [1.29, 1.82) is 0 Å². The summed E-state index contributed by atoms with van der Waals surface area (Å²) in [6.07, 6.45) is 6.20. The smallest absolute Gasteiger partial charge is 0.0434 e. The van der Waals surface area contributed by atoms with Gasteiger partial charge >= 0.3 is 0 Å². The first-order valence-corrected chi connectivity index (χ1v) is 7.40. The van der Waals surface area contributed by atoms with Crippen molar-refractivity contribution in [2.24, 2.45) is 11.8 Å². The molecule has 2 bridgehead atoms. The van der Waals surface area contributed by atoms with Gasteiger partial charge < -0.3 is 15.3 Å². The molecule has 3 nitrogen and oxygen atoms in total. The van der Waals surface area contributed by atoms with Crippen molar-refractivity contribution in [2.75, 3.05) is 32.8 Å². The average molecular weight is 240 g/mol. The molecule has 3 saturated heterocycles. The third-order valence-electron chi connectivity index (χ3n) is 4.56. The molecule has 3 aliphatic rings. The molecule has 0 aromatic rings. The molecule has 0 saturated carbocycles. The van der Waals surface area contributed by atoms with E-state index in [0.717, 1.165) is 24.9 Å². The van der Waals surface area contributed by atoms with E-state index in [1.54, 1.807) is 0 Å². The zero-order chi connectivity index (χ0) is 12.1. The van der Waals surface area contributed by atoms with Crippen LogP contribution in [0.4, 0.5) is 0 Å². The largest absolute Gasteiger partial charge is 0.396 e. The second kappa shape index (κ2) is 6.72. The van der Waals surface area contributed by atoms with Gasteiger partial charge in [-0.15, -0.1) is 0 Å². The van der Waals surface area contributed by atoms with E-state index in [4.69, 9.17) is 5.11 Å². The Bertz CT molecular complexity index is 208. The number of fused-ring (bicyclic) bond motifs is 3. The second-order valence-corrected chi connectivity index (χ2v) is 5.82. The molecule has 2 unspecified atom stereocenters.